The quantitative estimate of drug-likeness (QED) is 0.831. The van der Waals surface area contributed by atoms with E-state index in [1.54, 1.807) is 6.20 Å². The third kappa shape index (κ3) is 3.77. The molecule has 7 heteroatoms. The molecular weight excluding hydrogens is 356 g/mol. The van der Waals surface area contributed by atoms with Crippen molar-refractivity contribution >= 4 is 39.1 Å². The molecule has 0 fully saturated rings. The van der Waals surface area contributed by atoms with E-state index in [9.17, 15) is 4.79 Å². The summed E-state index contributed by atoms with van der Waals surface area (Å²) in [6.45, 7) is 5.79. The number of aromatic nitrogens is 3. The van der Waals surface area contributed by atoms with E-state index in [2.05, 4.69) is 36.2 Å². The SMILES string of the molecule is Cc1cc(NC(=O)c2nc(C(C)C)ncc2Cl)cnc1Br. The van der Waals surface area contributed by atoms with Gasteiger partial charge in [0.15, 0.2) is 5.69 Å². The first kappa shape index (κ1) is 15.9. The van der Waals surface area contributed by atoms with Gasteiger partial charge in [-0.1, -0.05) is 25.4 Å². The molecule has 1 N–H and O–H groups in total. The number of pyridine rings is 1. The number of hydrogen-bond donors (Lipinski definition) is 1. The molecule has 110 valence electrons. The summed E-state index contributed by atoms with van der Waals surface area (Å²) in [5.41, 5.74) is 1.67. The molecule has 0 spiro atoms. The first-order valence-corrected chi connectivity index (χ1v) is 7.51. The molecule has 2 heterocycles. The summed E-state index contributed by atoms with van der Waals surface area (Å²) in [5.74, 6) is 0.313. The lowest BCUT2D eigenvalue weighted by atomic mass is 10.2. The molecule has 0 aliphatic heterocycles. The summed E-state index contributed by atoms with van der Waals surface area (Å²) in [7, 11) is 0. The van der Waals surface area contributed by atoms with Crippen LogP contribution in [0.25, 0.3) is 0 Å². The average molecular weight is 370 g/mol. The van der Waals surface area contributed by atoms with Gasteiger partial charge in [-0.15, -0.1) is 0 Å². The maximum atomic E-state index is 12.3. The topological polar surface area (TPSA) is 67.8 Å². The molecule has 0 saturated carbocycles. The standard InChI is InChI=1S/C14H14BrClN4O/c1-7(2)13-18-6-10(16)11(20-13)14(21)19-9-4-8(3)12(15)17-5-9/h4-7H,1-3H3,(H,19,21). The van der Waals surface area contributed by atoms with Crippen LogP contribution in [0.2, 0.25) is 5.02 Å². The van der Waals surface area contributed by atoms with Crippen molar-refractivity contribution in [1.29, 1.82) is 0 Å². The van der Waals surface area contributed by atoms with E-state index in [1.165, 1.54) is 6.20 Å². The highest BCUT2D eigenvalue weighted by Gasteiger charge is 2.16. The molecule has 21 heavy (non-hydrogen) atoms. The van der Waals surface area contributed by atoms with Crippen LogP contribution in [-0.4, -0.2) is 20.9 Å². The van der Waals surface area contributed by atoms with Crippen LogP contribution in [-0.2, 0) is 0 Å². The van der Waals surface area contributed by atoms with Crippen molar-refractivity contribution in [2.75, 3.05) is 5.32 Å². The van der Waals surface area contributed by atoms with Crippen molar-refractivity contribution < 1.29 is 4.79 Å². The van der Waals surface area contributed by atoms with Crippen molar-refractivity contribution in [3.05, 3.63) is 45.2 Å². The molecule has 1 amide bonds. The Morgan fingerprint density at radius 2 is 2.05 bits per heavy atom. The lowest BCUT2D eigenvalue weighted by Crippen LogP contribution is -2.16. The van der Waals surface area contributed by atoms with Crippen molar-refractivity contribution in [2.45, 2.75) is 26.7 Å². The number of aryl methyl sites for hydroxylation is 1. The minimum atomic E-state index is -0.382. The Bertz CT molecular complexity index is 691. The fourth-order valence-corrected chi connectivity index (χ4v) is 2.03. The number of nitrogens with one attached hydrogen (secondary N) is 1. The average Bonchev–Trinajstić information content (AvgIpc) is 2.43. The molecule has 0 unspecified atom stereocenters. The number of anilines is 1. The second-order valence-corrected chi connectivity index (χ2v) is 6.02. The predicted molar refractivity (Wildman–Crippen MR) is 85.8 cm³/mol. The number of rotatable bonds is 3. The molecule has 0 bridgehead atoms. The number of amides is 1. The Morgan fingerprint density at radius 3 is 2.67 bits per heavy atom. The van der Waals surface area contributed by atoms with Crippen LogP contribution in [0.4, 0.5) is 5.69 Å². The van der Waals surface area contributed by atoms with Gasteiger partial charge < -0.3 is 5.32 Å². The zero-order valence-corrected chi connectivity index (χ0v) is 14.2. The Hall–Kier alpha value is -1.53. The van der Waals surface area contributed by atoms with E-state index >= 15 is 0 Å². The summed E-state index contributed by atoms with van der Waals surface area (Å²) >= 11 is 9.32. The zero-order valence-electron chi connectivity index (χ0n) is 11.8. The Labute approximate surface area is 136 Å². The third-order valence-corrected chi connectivity index (χ3v) is 3.87. The monoisotopic (exact) mass is 368 g/mol. The summed E-state index contributed by atoms with van der Waals surface area (Å²) in [6.07, 6.45) is 3.01. The van der Waals surface area contributed by atoms with E-state index < -0.39 is 0 Å². The van der Waals surface area contributed by atoms with Crippen LogP contribution in [0.1, 0.15) is 41.6 Å². The minimum absolute atomic E-state index is 0.116. The van der Waals surface area contributed by atoms with Crippen molar-refractivity contribution in [1.82, 2.24) is 15.0 Å². The lowest BCUT2D eigenvalue weighted by Gasteiger charge is -2.09. The van der Waals surface area contributed by atoms with Gasteiger partial charge in [0.2, 0.25) is 0 Å². The van der Waals surface area contributed by atoms with Crippen molar-refractivity contribution in [3.8, 4) is 0 Å². The van der Waals surface area contributed by atoms with E-state index in [-0.39, 0.29) is 22.5 Å². The summed E-state index contributed by atoms with van der Waals surface area (Å²) in [4.78, 5) is 24.7. The number of carbonyl (C=O) groups is 1. The maximum absolute atomic E-state index is 12.3. The number of hydrogen-bond acceptors (Lipinski definition) is 4. The summed E-state index contributed by atoms with van der Waals surface area (Å²) < 4.78 is 0.739. The molecular formula is C14H14BrClN4O. The van der Waals surface area contributed by atoms with Crippen LogP contribution >= 0.6 is 27.5 Å². The fourth-order valence-electron chi connectivity index (χ4n) is 1.63. The largest absolute Gasteiger partial charge is 0.319 e. The van der Waals surface area contributed by atoms with Crippen molar-refractivity contribution in [2.24, 2.45) is 0 Å². The predicted octanol–water partition coefficient (Wildman–Crippen LogP) is 3.97. The van der Waals surface area contributed by atoms with E-state index in [4.69, 9.17) is 11.6 Å². The molecule has 0 aliphatic rings. The highest BCUT2D eigenvalue weighted by atomic mass is 79.9. The first-order chi connectivity index (χ1) is 9.88. The molecule has 5 nitrogen and oxygen atoms in total. The van der Waals surface area contributed by atoms with Gasteiger partial charge in [-0.05, 0) is 34.5 Å². The lowest BCUT2D eigenvalue weighted by molar-refractivity contribution is 0.102. The molecule has 0 aliphatic carbocycles. The normalized spacial score (nSPS) is 10.8. The Kier molecular flexibility index (Phi) is 4.90. The second-order valence-electron chi connectivity index (χ2n) is 4.87. The Morgan fingerprint density at radius 1 is 1.33 bits per heavy atom. The van der Waals surface area contributed by atoms with Gasteiger partial charge in [0.25, 0.3) is 5.91 Å². The number of carbonyl (C=O) groups excluding carboxylic acids is 1. The van der Waals surface area contributed by atoms with Gasteiger partial charge >= 0.3 is 0 Å². The van der Waals surface area contributed by atoms with Gasteiger partial charge in [-0.3, -0.25) is 4.79 Å². The van der Waals surface area contributed by atoms with Gasteiger partial charge in [0.1, 0.15) is 10.4 Å². The van der Waals surface area contributed by atoms with Crippen molar-refractivity contribution in [3.63, 3.8) is 0 Å². The van der Waals surface area contributed by atoms with Crippen LogP contribution in [0.5, 0.6) is 0 Å². The second kappa shape index (κ2) is 6.49. The minimum Gasteiger partial charge on any atom is -0.319 e. The van der Waals surface area contributed by atoms with Crippen LogP contribution in [0.3, 0.4) is 0 Å². The summed E-state index contributed by atoms with van der Waals surface area (Å²) in [6, 6.07) is 1.81. The fraction of sp³-hybridized carbons (Fsp3) is 0.286. The van der Waals surface area contributed by atoms with Crippen LogP contribution < -0.4 is 5.32 Å². The third-order valence-electron chi connectivity index (χ3n) is 2.77. The van der Waals surface area contributed by atoms with E-state index in [1.807, 2.05) is 26.8 Å². The number of nitrogens with zero attached hydrogens (tertiary/aromatic N) is 3. The van der Waals surface area contributed by atoms with Gasteiger partial charge in [-0.25, -0.2) is 15.0 Å². The smallest absolute Gasteiger partial charge is 0.275 e. The molecule has 2 aromatic rings. The van der Waals surface area contributed by atoms with E-state index in [0.29, 0.717) is 11.5 Å². The number of halogens is 2. The zero-order chi connectivity index (χ0) is 15.6. The van der Waals surface area contributed by atoms with Crippen LogP contribution in [0.15, 0.2) is 23.1 Å². The highest BCUT2D eigenvalue weighted by molar-refractivity contribution is 9.10. The maximum Gasteiger partial charge on any atom is 0.275 e. The highest BCUT2D eigenvalue weighted by Crippen LogP contribution is 2.20. The van der Waals surface area contributed by atoms with Gasteiger partial charge in [0.05, 0.1) is 23.1 Å². The Balaban J connectivity index is 2.27. The molecule has 2 aromatic heterocycles. The van der Waals surface area contributed by atoms with Crippen LogP contribution in [0, 0.1) is 6.92 Å². The first-order valence-electron chi connectivity index (χ1n) is 6.34. The van der Waals surface area contributed by atoms with E-state index in [0.717, 1.165) is 10.2 Å². The van der Waals surface area contributed by atoms with Gasteiger partial charge in [-0.2, -0.15) is 0 Å². The van der Waals surface area contributed by atoms with Gasteiger partial charge in [0, 0.05) is 5.92 Å². The molecule has 0 atom stereocenters. The molecule has 0 radical (unpaired) electrons. The molecule has 0 saturated heterocycles. The molecule has 2 rings (SSSR count). The molecule has 0 aromatic carbocycles. The summed E-state index contributed by atoms with van der Waals surface area (Å²) in [5, 5.41) is 2.96.